The SMILES string of the molecule is C[C@@H](C(=O)N1CCC2(CC1)CC2C(=O)O)c1ccccc1. The summed E-state index contributed by atoms with van der Waals surface area (Å²) in [7, 11) is 0. The molecular formula is C17H21NO3. The molecule has 1 aliphatic carbocycles. The highest BCUT2D eigenvalue weighted by Gasteiger charge is 2.59. The van der Waals surface area contributed by atoms with E-state index < -0.39 is 5.97 Å². The molecule has 0 radical (unpaired) electrons. The number of carbonyl (C=O) groups excluding carboxylic acids is 1. The Morgan fingerprint density at radius 2 is 1.86 bits per heavy atom. The summed E-state index contributed by atoms with van der Waals surface area (Å²) in [6, 6.07) is 9.81. The van der Waals surface area contributed by atoms with Crippen LogP contribution < -0.4 is 0 Å². The third-order valence-corrected chi connectivity index (χ3v) is 5.23. The highest BCUT2D eigenvalue weighted by Crippen LogP contribution is 2.59. The number of benzene rings is 1. The van der Waals surface area contributed by atoms with Crippen molar-refractivity contribution in [3.05, 3.63) is 35.9 Å². The topological polar surface area (TPSA) is 57.6 Å². The summed E-state index contributed by atoms with van der Waals surface area (Å²) in [5, 5.41) is 9.10. The molecule has 1 spiro atoms. The van der Waals surface area contributed by atoms with Gasteiger partial charge in [-0.25, -0.2) is 0 Å². The second kappa shape index (κ2) is 5.17. The maximum absolute atomic E-state index is 12.6. The molecule has 1 heterocycles. The van der Waals surface area contributed by atoms with Gasteiger partial charge < -0.3 is 10.0 Å². The van der Waals surface area contributed by atoms with Crippen molar-refractivity contribution in [1.82, 2.24) is 4.90 Å². The van der Waals surface area contributed by atoms with Crippen molar-refractivity contribution in [1.29, 1.82) is 0 Å². The molecule has 4 nitrogen and oxygen atoms in total. The number of likely N-dealkylation sites (tertiary alicyclic amines) is 1. The lowest BCUT2D eigenvalue weighted by molar-refractivity contribution is -0.140. The van der Waals surface area contributed by atoms with Crippen LogP contribution in [0.2, 0.25) is 0 Å². The van der Waals surface area contributed by atoms with Crippen molar-refractivity contribution in [2.75, 3.05) is 13.1 Å². The van der Waals surface area contributed by atoms with E-state index in [4.69, 9.17) is 5.11 Å². The standard InChI is InChI=1S/C17H21NO3/c1-12(13-5-3-2-4-6-13)15(19)18-9-7-17(8-10-18)11-14(17)16(20)21/h2-6,12,14H,7-11H2,1H3,(H,20,21)/t12-,14?/m1/s1. The Morgan fingerprint density at radius 1 is 1.24 bits per heavy atom. The molecule has 0 aromatic heterocycles. The summed E-state index contributed by atoms with van der Waals surface area (Å²) in [4.78, 5) is 25.5. The maximum Gasteiger partial charge on any atom is 0.307 e. The molecule has 2 fully saturated rings. The third kappa shape index (κ3) is 2.55. The molecule has 21 heavy (non-hydrogen) atoms. The predicted octanol–water partition coefficient (Wildman–Crippen LogP) is 2.50. The molecule has 1 aromatic carbocycles. The van der Waals surface area contributed by atoms with Gasteiger partial charge in [0.05, 0.1) is 11.8 Å². The Balaban J connectivity index is 1.60. The summed E-state index contributed by atoms with van der Waals surface area (Å²) >= 11 is 0. The van der Waals surface area contributed by atoms with E-state index in [-0.39, 0.29) is 23.2 Å². The van der Waals surface area contributed by atoms with Crippen molar-refractivity contribution in [2.45, 2.75) is 32.1 Å². The number of aliphatic carboxylic acids is 1. The van der Waals surface area contributed by atoms with Crippen LogP contribution in [-0.4, -0.2) is 35.0 Å². The van der Waals surface area contributed by atoms with Crippen LogP contribution in [0.3, 0.4) is 0 Å². The van der Waals surface area contributed by atoms with E-state index in [1.165, 1.54) is 0 Å². The highest BCUT2D eigenvalue weighted by molar-refractivity contribution is 5.83. The van der Waals surface area contributed by atoms with Gasteiger partial charge in [0.25, 0.3) is 0 Å². The van der Waals surface area contributed by atoms with Gasteiger partial charge in [-0.3, -0.25) is 9.59 Å². The maximum atomic E-state index is 12.6. The minimum Gasteiger partial charge on any atom is -0.481 e. The van der Waals surface area contributed by atoms with Gasteiger partial charge in [-0.2, -0.15) is 0 Å². The number of carboxylic acid groups (broad SMARTS) is 1. The van der Waals surface area contributed by atoms with Crippen LogP contribution in [0.4, 0.5) is 0 Å². The second-order valence-electron chi connectivity index (χ2n) is 6.41. The smallest absolute Gasteiger partial charge is 0.307 e. The molecule has 1 unspecified atom stereocenters. The monoisotopic (exact) mass is 287 g/mol. The molecule has 2 aliphatic rings. The molecule has 1 saturated heterocycles. The minimum atomic E-state index is -0.674. The average molecular weight is 287 g/mol. The molecule has 4 heteroatoms. The predicted molar refractivity (Wildman–Crippen MR) is 78.8 cm³/mol. The average Bonchev–Trinajstić information content (AvgIpc) is 3.21. The van der Waals surface area contributed by atoms with Gasteiger partial charge in [0, 0.05) is 13.1 Å². The van der Waals surface area contributed by atoms with Gasteiger partial charge >= 0.3 is 5.97 Å². The van der Waals surface area contributed by atoms with Crippen molar-refractivity contribution >= 4 is 11.9 Å². The summed E-state index contributed by atoms with van der Waals surface area (Å²) < 4.78 is 0. The number of hydrogen-bond donors (Lipinski definition) is 1. The fraction of sp³-hybridized carbons (Fsp3) is 0.529. The van der Waals surface area contributed by atoms with Gasteiger partial charge in [-0.1, -0.05) is 30.3 Å². The number of carboxylic acids is 1. The van der Waals surface area contributed by atoms with Crippen molar-refractivity contribution in [3.63, 3.8) is 0 Å². The van der Waals surface area contributed by atoms with Crippen LogP contribution in [0.5, 0.6) is 0 Å². The Hall–Kier alpha value is -1.84. The lowest BCUT2D eigenvalue weighted by Gasteiger charge is -2.34. The van der Waals surface area contributed by atoms with E-state index >= 15 is 0 Å². The molecule has 1 aromatic rings. The van der Waals surface area contributed by atoms with E-state index in [2.05, 4.69) is 0 Å². The van der Waals surface area contributed by atoms with Crippen molar-refractivity contribution in [3.8, 4) is 0 Å². The zero-order valence-corrected chi connectivity index (χ0v) is 12.3. The van der Waals surface area contributed by atoms with E-state index in [1.54, 1.807) is 0 Å². The number of piperidine rings is 1. The van der Waals surface area contributed by atoms with Gasteiger partial charge in [-0.05, 0) is 37.2 Å². The van der Waals surface area contributed by atoms with Crippen LogP contribution in [0.15, 0.2) is 30.3 Å². The lowest BCUT2D eigenvalue weighted by Crippen LogP contribution is -2.41. The first-order valence-electron chi connectivity index (χ1n) is 7.60. The van der Waals surface area contributed by atoms with Gasteiger partial charge in [0.2, 0.25) is 5.91 Å². The van der Waals surface area contributed by atoms with Crippen molar-refractivity contribution in [2.24, 2.45) is 11.3 Å². The molecule has 2 atom stereocenters. The van der Waals surface area contributed by atoms with Crippen LogP contribution in [0.25, 0.3) is 0 Å². The number of amides is 1. The first-order valence-corrected chi connectivity index (χ1v) is 7.60. The lowest BCUT2D eigenvalue weighted by atomic mass is 9.89. The van der Waals surface area contributed by atoms with E-state index in [1.807, 2.05) is 42.2 Å². The quantitative estimate of drug-likeness (QED) is 0.929. The Kier molecular flexibility index (Phi) is 3.47. The third-order valence-electron chi connectivity index (χ3n) is 5.23. The summed E-state index contributed by atoms with van der Waals surface area (Å²) in [5.41, 5.74) is 1.02. The summed E-state index contributed by atoms with van der Waals surface area (Å²) in [5.74, 6) is -0.827. The number of hydrogen-bond acceptors (Lipinski definition) is 2. The molecule has 1 amide bonds. The normalized spacial score (nSPS) is 24.6. The largest absolute Gasteiger partial charge is 0.481 e. The molecule has 1 saturated carbocycles. The Labute approximate surface area is 124 Å². The second-order valence-corrected chi connectivity index (χ2v) is 6.41. The van der Waals surface area contributed by atoms with Crippen LogP contribution in [-0.2, 0) is 9.59 Å². The Morgan fingerprint density at radius 3 is 2.38 bits per heavy atom. The van der Waals surface area contributed by atoms with Crippen molar-refractivity contribution < 1.29 is 14.7 Å². The molecule has 1 aliphatic heterocycles. The minimum absolute atomic E-state index is 0.0153. The molecule has 3 rings (SSSR count). The zero-order chi connectivity index (χ0) is 15.0. The number of rotatable bonds is 3. The first kappa shape index (κ1) is 14.1. The first-order chi connectivity index (χ1) is 10.0. The van der Waals surface area contributed by atoms with E-state index in [9.17, 15) is 9.59 Å². The summed E-state index contributed by atoms with van der Waals surface area (Å²) in [6.07, 6.45) is 2.45. The van der Waals surface area contributed by atoms with E-state index in [0.29, 0.717) is 13.1 Å². The Bertz CT molecular complexity index is 546. The molecule has 0 bridgehead atoms. The fourth-order valence-electron chi connectivity index (χ4n) is 3.58. The zero-order valence-electron chi connectivity index (χ0n) is 12.3. The highest BCUT2D eigenvalue weighted by atomic mass is 16.4. The van der Waals surface area contributed by atoms with Gasteiger partial charge in [0.1, 0.15) is 0 Å². The van der Waals surface area contributed by atoms with Crippen LogP contribution in [0, 0.1) is 11.3 Å². The fourth-order valence-corrected chi connectivity index (χ4v) is 3.58. The molecule has 112 valence electrons. The molecule has 1 N–H and O–H groups in total. The van der Waals surface area contributed by atoms with Crippen LogP contribution >= 0.6 is 0 Å². The van der Waals surface area contributed by atoms with Gasteiger partial charge in [-0.15, -0.1) is 0 Å². The number of nitrogens with zero attached hydrogens (tertiary/aromatic N) is 1. The molecular weight excluding hydrogens is 266 g/mol. The summed E-state index contributed by atoms with van der Waals surface area (Å²) in [6.45, 7) is 3.33. The number of carbonyl (C=O) groups is 2. The van der Waals surface area contributed by atoms with E-state index in [0.717, 1.165) is 24.8 Å². The van der Waals surface area contributed by atoms with Crippen LogP contribution in [0.1, 0.15) is 37.7 Å². The van der Waals surface area contributed by atoms with Gasteiger partial charge in [0.15, 0.2) is 0 Å².